The predicted octanol–water partition coefficient (Wildman–Crippen LogP) is -0.0184. The van der Waals surface area contributed by atoms with Crippen LogP contribution >= 0.6 is 0 Å². The molecule has 0 radical (unpaired) electrons. The minimum absolute atomic E-state index is 0.0317. The van der Waals surface area contributed by atoms with Gasteiger partial charge in [0.2, 0.25) is 17.8 Å². The molecule has 5 N–H and O–H groups in total. The number of hydrogen-bond acceptors (Lipinski definition) is 10. The number of piperidine rings is 1. The van der Waals surface area contributed by atoms with Crippen LogP contribution in [0.2, 0.25) is 0 Å². The summed E-state index contributed by atoms with van der Waals surface area (Å²) in [5.41, 5.74) is 15.0. The lowest BCUT2D eigenvalue weighted by Gasteiger charge is -2.29. The van der Waals surface area contributed by atoms with Crippen molar-refractivity contribution in [1.82, 2.24) is 30.2 Å². The molecule has 168 valence electrons. The molecule has 33 heavy (non-hydrogen) atoms. The molecule has 12 nitrogen and oxygen atoms in total. The number of imide groups is 1. The van der Waals surface area contributed by atoms with Gasteiger partial charge >= 0.3 is 0 Å². The molecule has 3 aromatic rings. The number of nitrogens with two attached hydrogens (primary N) is 2. The Morgan fingerprint density at radius 1 is 1.18 bits per heavy atom. The van der Waals surface area contributed by atoms with Gasteiger partial charge in [-0.05, 0) is 18.6 Å². The van der Waals surface area contributed by atoms with Crippen LogP contribution in [0.4, 0.5) is 17.5 Å². The van der Waals surface area contributed by atoms with E-state index in [-0.39, 0.29) is 36.5 Å². The third-order valence-electron chi connectivity index (χ3n) is 5.87. The van der Waals surface area contributed by atoms with Crippen LogP contribution in [0.3, 0.4) is 0 Å². The Kier molecular flexibility index (Phi) is 4.77. The van der Waals surface area contributed by atoms with Gasteiger partial charge in [0.15, 0.2) is 17.0 Å². The number of benzene rings is 1. The predicted molar refractivity (Wildman–Crippen MR) is 119 cm³/mol. The van der Waals surface area contributed by atoms with Gasteiger partial charge in [-0.25, -0.2) is 9.97 Å². The maximum atomic E-state index is 13.0. The zero-order valence-corrected chi connectivity index (χ0v) is 17.8. The first-order valence-electron chi connectivity index (χ1n) is 10.3. The molecule has 2 aliphatic heterocycles. The topological polar surface area (TPSA) is 173 Å². The monoisotopic (exact) mass is 447 g/mol. The third kappa shape index (κ3) is 3.54. The van der Waals surface area contributed by atoms with Gasteiger partial charge in [0.1, 0.15) is 6.04 Å². The van der Waals surface area contributed by atoms with Crippen LogP contribution in [0, 0.1) is 0 Å². The van der Waals surface area contributed by atoms with Crippen molar-refractivity contribution in [3.63, 3.8) is 0 Å². The maximum absolute atomic E-state index is 13.0. The zero-order chi connectivity index (χ0) is 23.3. The second-order valence-electron chi connectivity index (χ2n) is 8.06. The van der Waals surface area contributed by atoms with Crippen LogP contribution in [0.15, 0.2) is 24.4 Å². The van der Waals surface area contributed by atoms with E-state index in [4.69, 9.17) is 11.5 Å². The summed E-state index contributed by atoms with van der Waals surface area (Å²) < 4.78 is 0. The van der Waals surface area contributed by atoms with Gasteiger partial charge in [0.25, 0.3) is 5.91 Å². The molecule has 12 heteroatoms. The highest BCUT2D eigenvalue weighted by molar-refractivity contribution is 6.06. The Morgan fingerprint density at radius 3 is 2.79 bits per heavy atom. The van der Waals surface area contributed by atoms with E-state index < -0.39 is 11.9 Å². The highest BCUT2D eigenvalue weighted by atomic mass is 16.2. The molecule has 0 bridgehead atoms. The minimum atomic E-state index is -0.664. The fourth-order valence-corrected chi connectivity index (χ4v) is 4.31. The van der Waals surface area contributed by atoms with E-state index in [0.717, 1.165) is 11.3 Å². The summed E-state index contributed by atoms with van der Waals surface area (Å²) in [4.78, 5) is 57.1. The molecule has 2 aliphatic rings. The van der Waals surface area contributed by atoms with Crippen molar-refractivity contribution in [2.75, 3.05) is 23.4 Å². The minimum Gasteiger partial charge on any atom is -0.382 e. The van der Waals surface area contributed by atoms with Crippen molar-refractivity contribution in [3.8, 4) is 0 Å². The highest BCUT2D eigenvalue weighted by Crippen LogP contribution is 2.34. The molecule has 1 fully saturated rings. The standard InChI is InChI=1S/C21H21N9O3/c1-29(8-10-7-24-18-16(25-10)17(22)27-21(23)28-18)13-4-2-3-11-12(13)9-30(20(11)33)14-5-6-15(31)26-19(14)32/h2-4,7,14H,5-6,8-9H2,1H3,(H,26,31,32)(H4,22,23,24,27,28). The smallest absolute Gasteiger partial charge is 0.255 e. The largest absolute Gasteiger partial charge is 0.382 e. The molecule has 5 rings (SSSR count). The number of amides is 3. The van der Waals surface area contributed by atoms with Crippen LogP contribution in [0.5, 0.6) is 0 Å². The number of hydrogen-bond donors (Lipinski definition) is 3. The fourth-order valence-electron chi connectivity index (χ4n) is 4.31. The first-order valence-corrected chi connectivity index (χ1v) is 10.3. The number of nitrogens with zero attached hydrogens (tertiary/aromatic N) is 6. The van der Waals surface area contributed by atoms with E-state index in [9.17, 15) is 14.4 Å². The van der Waals surface area contributed by atoms with Crippen molar-refractivity contribution in [3.05, 3.63) is 41.2 Å². The Hall–Kier alpha value is -4.35. The quantitative estimate of drug-likeness (QED) is 0.461. The molecular weight excluding hydrogens is 426 g/mol. The average molecular weight is 447 g/mol. The van der Waals surface area contributed by atoms with Gasteiger partial charge in [-0.3, -0.25) is 19.7 Å². The van der Waals surface area contributed by atoms with Crippen LogP contribution < -0.4 is 21.7 Å². The molecular formula is C21H21N9O3. The van der Waals surface area contributed by atoms with Crippen molar-refractivity contribution >= 4 is 46.3 Å². The van der Waals surface area contributed by atoms with Crippen LogP contribution in [-0.2, 0) is 22.7 Å². The summed E-state index contributed by atoms with van der Waals surface area (Å²) in [7, 11) is 1.88. The lowest BCUT2D eigenvalue weighted by Crippen LogP contribution is -2.52. The number of rotatable bonds is 4. The molecule has 1 saturated heterocycles. The molecule has 1 unspecified atom stereocenters. The molecule has 0 spiro atoms. The van der Waals surface area contributed by atoms with Crippen molar-refractivity contribution in [2.24, 2.45) is 0 Å². The van der Waals surface area contributed by atoms with E-state index >= 15 is 0 Å². The molecule has 0 aliphatic carbocycles. The second kappa shape index (κ2) is 7.65. The zero-order valence-electron chi connectivity index (χ0n) is 17.8. The van der Waals surface area contributed by atoms with Gasteiger partial charge in [0.05, 0.1) is 18.4 Å². The number of carbonyl (C=O) groups is 3. The fraction of sp³-hybridized carbons (Fsp3) is 0.286. The average Bonchev–Trinajstić information content (AvgIpc) is 3.10. The van der Waals surface area contributed by atoms with E-state index in [0.29, 0.717) is 35.4 Å². The Bertz CT molecular complexity index is 1330. The summed E-state index contributed by atoms with van der Waals surface area (Å²) in [6.45, 7) is 0.667. The van der Waals surface area contributed by atoms with E-state index in [1.54, 1.807) is 18.3 Å². The third-order valence-corrected chi connectivity index (χ3v) is 5.87. The summed E-state index contributed by atoms with van der Waals surface area (Å²) in [5, 5.41) is 2.32. The highest BCUT2D eigenvalue weighted by Gasteiger charge is 2.40. The van der Waals surface area contributed by atoms with E-state index in [1.807, 2.05) is 18.0 Å². The SMILES string of the molecule is CN(Cc1cnc2nc(N)nc(N)c2n1)c1cccc2c1CN(C1CCC(=O)NC1=O)C2=O. The molecule has 0 saturated carbocycles. The molecule has 3 amide bonds. The summed E-state index contributed by atoms with van der Waals surface area (Å²) in [6.07, 6.45) is 2.12. The number of carbonyl (C=O) groups excluding carboxylic acids is 3. The lowest BCUT2D eigenvalue weighted by atomic mass is 10.0. The number of nitrogens with one attached hydrogen (secondary N) is 1. The Morgan fingerprint density at radius 2 is 2.00 bits per heavy atom. The van der Waals surface area contributed by atoms with Gasteiger partial charge < -0.3 is 21.3 Å². The van der Waals surface area contributed by atoms with Crippen molar-refractivity contribution in [1.29, 1.82) is 0 Å². The van der Waals surface area contributed by atoms with Gasteiger partial charge in [-0.2, -0.15) is 9.97 Å². The summed E-state index contributed by atoms with van der Waals surface area (Å²) in [6, 6.07) is 4.80. The van der Waals surface area contributed by atoms with Gasteiger partial charge in [-0.1, -0.05) is 6.07 Å². The summed E-state index contributed by atoms with van der Waals surface area (Å²) in [5.74, 6) is -0.784. The first kappa shape index (κ1) is 20.5. The van der Waals surface area contributed by atoms with Gasteiger partial charge in [-0.15, -0.1) is 0 Å². The van der Waals surface area contributed by atoms with Crippen LogP contribution in [-0.4, -0.2) is 55.6 Å². The number of nitrogen functional groups attached to an aromatic ring is 2. The van der Waals surface area contributed by atoms with Crippen molar-refractivity contribution in [2.45, 2.75) is 32.0 Å². The number of anilines is 3. The molecule has 1 atom stereocenters. The van der Waals surface area contributed by atoms with Crippen molar-refractivity contribution < 1.29 is 14.4 Å². The normalized spacial score (nSPS) is 17.9. The van der Waals surface area contributed by atoms with Crippen LogP contribution in [0.1, 0.15) is 34.5 Å². The number of aromatic nitrogens is 4. The Balaban J connectivity index is 1.41. The van der Waals surface area contributed by atoms with E-state index in [1.165, 1.54) is 4.90 Å². The second-order valence-corrected chi connectivity index (χ2v) is 8.06. The summed E-state index contributed by atoms with van der Waals surface area (Å²) >= 11 is 0. The maximum Gasteiger partial charge on any atom is 0.255 e. The van der Waals surface area contributed by atoms with E-state index in [2.05, 4.69) is 25.3 Å². The lowest BCUT2D eigenvalue weighted by molar-refractivity contribution is -0.136. The molecule has 2 aromatic heterocycles. The number of fused-ring (bicyclic) bond motifs is 2. The Labute approximate surface area is 188 Å². The molecule has 4 heterocycles. The first-order chi connectivity index (χ1) is 15.8. The molecule has 1 aromatic carbocycles. The van der Waals surface area contributed by atoms with Gasteiger partial charge in [0, 0.05) is 36.8 Å². The van der Waals surface area contributed by atoms with Crippen LogP contribution in [0.25, 0.3) is 11.2 Å².